The molecule has 0 aliphatic heterocycles. The molecule has 2 heteroatoms. The van der Waals surface area contributed by atoms with E-state index in [4.69, 9.17) is 0 Å². The Hall–Kier alpha value is -3.52. The summed E-state index contributed by atoms with van der Waals surface area (Å²) < 4.78 is 4.96. The quantitative estimate of drug-likeness (QED) is 0.262. The number of aromatic nitrogens is 2. The topological polar surface area (TPSA) is 8.82 Å². The van der Waals surface area contributed by atoms with Crippen LogP contribution in [0.2, 0.25) is 0 Å². The van der Waals surface area contributed by atoms with E-state index >= 15 is 0 Å². The third-order valence-corrected chi connectivity index (χ3v) is 6.38. The minimum Gasteiger partial charge on any atom is -0.305 e. The van der Waals surface area contributed by atoms with Crippen LogP contribution in [-0.2, 0) is 0 Å². The van der Waals surface area contributed by atoms with E-state index in [2.05, 4.69) is 95.4 Å². The van der Waals surface area contributed by atoms with Gasteiger partial charge < -0.3 is 8.80 Å². The Bertz CT molecular complexity index is 1730. The zero-order valence-corrected chi connectivity index (χ0v) is 15.8. The van der Waals surface area contributed by atoms with Crippen LogP contribution in [0.3, 0.4) is 0 Å². The van der Waals surface area contributed by atoms with E-state index in [0.717, 1.165) is 0 Å². The molecule has 3 heterocycles. The van der Waals surface area contributed by atoms with E-state index in [9.17, 15) is 0 Å². The lowest BCUT2D eigenvalue weighted by atomic mass is 10.1. The molecule has 0 fully saturated rings. The molecule has 7 aromatic rings. The Labute approximate surface area is 161 Å². The molecule has 0 saturated heterocycles. The van der Waals surface area contributed by atoms with Gasteiger partial charge in [0.1, 0.15) is 0 Å². The Balaban J connectivity index is 2.01. The van der Waals surface area contributed by atoms with Crippen LogP contribution in [-0.4, -0.2) is 8.80 Å². The fraction of sp³-hybridized carbons (Fsp3) is 0.0769. The average molecular weight is 358 g/mol. The fourth-order valence-corrected chi connectivity index (χ4v) is 5.32. The van der Waals surface area contributed by atoms with Gasteiger partial charge in [-0.15, -0.1) is 0 Å². The zero-order valence-electron chi connectivity index (χ0n) is 15.8. The number of nitrogens with zero attached hydrogens (tertiary/aromatic N) is 2. The van der Waals surface area contributed by atoms with Gasteiger partial charge in [0.05, 0.1) is 33.1 Å². The molecule has 0 saturated carbocycles. The smallest absolute Gasteiger partial charge is 0.0785 e. The van der Waals surface area contributed by atoms with Crippen molar-refractivity contribution in [1.29, 1.82) is 0 Å². The second-order valence-electron chi connectivity index (χ2n) is 8.01. The molecule has 0 bridgehead atoms. The third kappa shape index (κ3) is 1.49. The maximum Gasteiger partial charge on any atom is 0.0785 e. The van der Waals surface area contributed by atoms with Gasteiger partial charge in [-0.3, -0.25) is 0 Å². The summed E-state index contributed by atoms with van der Waals surface area (Å²) in [6.45, 7) is 4.43. The second kappa shape index (κ2) is 4.66. The van der Waals surface area contributed by atoms with Gasteiger partial charge in [0.25, 0.3) is 0 Å². The van der Waals surface area contributed by atoms with Crippen molar-refractivity contribution in [1.82, 2.24) is 8.80 Å². The molecule has 132 valence electrons. The number of fused-ring (bicyclic) bond motifs is 8. The number of hydrogen-bond acceptors (Lipinski definition) is 0. The molecule has 0 spiro atoms. The predicted molar refractivity (Wildman–Crippen MR) is 119 cm³/mol. The molecular weight excluding hydrogens is 340 g/mol. The summed E-state index contributed by atoms with van der Waals surface area (Å²) in [5, 5.41) is 5.36. The van der Waals surface area contributed by atoms with Crippen LogP contribution in [0.5, 0.6) is 0 Å². The molecule has 4 aromatic carbocycles. The maximum atomic E-state index is 2.49. The van der Waals surface area contributed by atoms with Crippen LogP contribution in [0.25, 0.3) is 54.6 Å². The van der Waals surface area contributed by atoms with Crippen LogP contribution >= 0.6 is 0 Å². The lowest BCUT2D eigenvalue weighted by Crippen LogP contribution is -1.97. The highest BCUT2D eigenvalue weighted by Gasteiger charge is 2.21. The fourth-order valence-electron chi connectivity index (χ4n) is 5.32. The standard InChI is InChI=1S/C26H18N2/c1-15-13-19-17-7-3-5-9-20(17)27-22-12-11-16(2)24-18-8-4-6-10-21(18)28(26(22)24)23(14-15)25(19)27/h3-14H,1-2H3. The lowest BCUT2D eigenvalue weighted by molar-refractivity contribution is 1.25. The first kappa shape index (κ1) is 14.5. The van der Waals surface area contributed by atoms with Gasteiger partial charge in [-0.2, -0.15) is 0 Å². The number of hydrogen-bond donors (Lipinski definition) is 0. The van der Waals surface area contributed by atoms with Crippen LogP contribution in [0, 0.1) is 13.8 Å². The van der Waals surface area contributed by atoms with Crippen LogP contribution < -0.4 is 0 Å². The van der Waals surface area contributed by atoms with Gasteiger partial charge in [-0.1, -0.05) is 42.5 Å². The SMILES string of the molecule is Cc1cc2c3ccccc3n3c4ccc(C)c5c6ccccc6n(c(c1)c23)c54. The highest BCUT2D eigenvalue weighted by atomic mass is 15.0. The van der Waals surface area contributed by atoms with Crippen LogP contribution in [0.4, 0.5) is 0 Å². The molecule has 28 heavy (non-hydrogen) atoms. The largest absolute Gasteiger partial charge is 0.305 e. The molecule has 0 aliphatic carbocycles. The summed E-state index contributed by atoms with van der Waals surface area (Å²) in [5.41, 5.74) is 10.4. The first-order valence-corrected chi connectivity index (χ1v) is 9.81. The summed E-state index contributed by atoms with van der Waals surface area (Å²) in [6.07, 6.45) is 0. The maximum absolute atomic E-state index is 2.49. The highest BCUT2D eigenvalue weighted by Crippen LogP contribution is 2.41. The van der Waals surface area contributed by atoms with Crippen molar-refractivity contribution in [2.75, 3.05) is 0 Å². The van der Waals surface area contributed by atoms with E-state index < -0.39 is 0 Å². The van der Waals surface area contributed by atoms with E-state index in [1.807, 2.05) is 0 Å². The minimum absolute atomic E-state index is 1.28. The van der Waals surface area contributed by atoms with Gasteiger partial charge in [-0.05, 0) is 55.3 Å². The normalized spacial score (nSPS) is 12.6. The number of para-hydroxylation sites is 2. The first-order chi connectivity index (χ1) is 13.7. The van der Waals surface area contributed by atoms with Gasteiger partial charge in [0, 0.05) is 21.5 Å². The van der Waals surface area contributed by atoms with Crippen molar-refractivity contribution in [2.45, 2.75) is 13.8 Å². The zero-order chi connectivity index (χ0) is 18.6. The Morgan fingerprint density at radius 2 is 1.21 bits per heavy atom. The number of aryl methyl sites for hydroxylation is 2. The van der Waals surface area contributed by atoms with Crippen molar-refractivity contribution < 1.29 is 0 Å². The van der Waals surface area contributed by atoms with Gasteiger partial charge >= 0.3 is 0 Å². The molecule has 0 aliphatic rings. The summed E-state index contributed by atoms with van der Waals surface area (Å²) in [7, 11) is 0. The molecule has 0 amide bonds. The van der Waals surface area contributed by atoms with Crippen LogP contribution in [0.15, 0.2) is 72.8 Å². The van der Waals surface area contributed by atoms with E-state index in [0.29, 0.717) is 0 Å². The van der Waals surface area contributed by atoms with Crippen molar-refractivity contribution in [3.8, 4) is 0 Å². The monoisotopic (exact) mass is 358 g/mol. The third-order valence-electron chi connectivity index (χ3n) is 6.38. The van der Waals surface area contributed by atoms with Crippen molar-refractivity contribution >= 4 is 54.6 Å². The average Bonchev–Trinajstić information content (AvgIpc) is 3.23. The Morgan fingerprint density at radius 1 is 0.536 bits per heavy atom. The summed E-state index contributed by atoms with van der Waals surface area (Å²) in [5.74, 6) is 0. The molecule has 0 atom stereocenters. The molecule has 0 N–H and O–H groups in total. The Kier molecular flexibility index (Phi) is 2.42. The van der Waals surface area contributed by atoms with Gasteiger partial charge in [0.2, 0.25) is 0 Å². The molecule has 3 aromatic heterocycles. The number of benzene rings is 4. The van der Waals surface area contributed by atoms with Gasteiger partial charge in [0.15, 0.2) is 0 Å². The van der Waals surface area contributed by atoms with E-state index in [1.54, 1.807) is 0 Å². The first-order valence-electron chi connectivity index (χ1n) is 9.81. The highest BCUT2D eigenvalue weighted by molar-refractivity contribution is 6.22. The lowest BCUT2D eigenvalue weighted by Gasteiger charge is -2.12. The van der Waals surface area contributed by atoms with Gasteiger partial charge in [-0.25, -0.2) is 0 Å². The molecule has 7 rings (SSSR count). The summed E-state index contributed by atoms with van der Waals surface area (Å²) in [6, 6.07) is 26.8. The van der Waals surface area contributed by atoms with Crippen LogP contribution in [0.1, 0.15) is 11.1 Å². The van der Waals surface area contributed by atoms with Crippen molar-refractivity contribution in [2.24, 2.45) is 0 Å². The molecule has 2 nitrogen and oxygen atoms in total. The van der Waals surface area contributed by atoms with E-state index in [-0.39, 0.29) is 0 Å². The summed E-state index contributed by atoms with van der Waals surface area (Å²) in [4.78, 5) is 0. The predicted octanol–water partition coefficient (Wildman–Crippen LogP) is 6.86. The molecule has 0 unspecified atom stereocenters. The molecular formula is C26H18N2. The summed E-state index contributed by atoms with van der Waals surface area (Å²) >= 11 is 0. The molecule has 0 radical (unpaired) electrons. The second-order valence-corrected chi connectivity index (χ2v) is 8.01. The number of rotatable bonds is 0. The Morgan fingerprint density at radius 3 is 2.04 bits per heavy atom. The van der Waals surface area contributed by atoms with E-state index in [1.165, 1.54) is 65.8 Å². The minimum atomic E-state index is 1.28. The van der Waals surface area contributed by atoms with Crippen molar-refractivity contribution in [3.63, 3.8) is 0 Å². The van der Waals surface area contributed by atoms with Crippen molar-refractivity contribution in [3.05, 3.63) is 83.9 Å².